The van der Waals surface area contributed by atoms with E-state index in [0.717, 1.165) is 47.8 Å². The molecule has 0 aliphatic carbocycles. The molecular weight excluding hydrogens is 470 g/mol. The largest absolute Gasteiger partial charge is 0.489 e. The highest BCUT2D eigenvalue weighted by Crippen LogP contribution is 2.30. The van der Waals surface area contributed by atoms with Crippen LogP contribution in [-0.2, 0) is 13.2 Å². The second-order valence-corrected chi connectivity index (χ2v) is 9.48. The van der Waals surface area contributed by atoms with Crippen molar-refractivity contribution in [1.29, 1.82) is 5.26 Å². The first kappa shape index (κ1) is 25.1. The fourth-order valence-corrected chi connectivity index (χ4v) is 4.73. The lowest BCUT2D eigenvalue weighted by Crippen LogP contribution is -2.33. The summed E-state index contributed by atoms with van der Waals surface area (Å²) >= 11 is 0. The normalized spacial score (nSPS) is 13.0. The number of aliphatic imine (C=N–C) groups is 1. The molecule has 4 aromatic carbocycles. The monoisotopic (exact) mass is 501 g/mol. The molecule has 0 radical (unpaired) electrons. The topological polar surface area (TPSA) is 57.9 Å². The number of hydrogen-bond acceptors (Lipinski definition) is 5. The molecule has 0 spiro atoms. The van der Waals surface area contributed by atoms with Crippen molar-refractivity contribution in [1.82, 2.24) is 4.90 Å². The van der Waals surface area contributed by atoms with E-state index in [9.17, 15) is 5.26 Å². The van der Waals surface area contributed by atoms with Crippen molar-refractivity contribution >= 4 is 5.84 Å². The van der Waals surface area contributed by atoms with Gasteiger partial charge in [0.25, 0.3) is 0 Å². The maximum Gasteiger partial charge on any atom is 0.134 e. The number of amidine groups is 1. The predicted octanol–water partition coefficient (Wildman–Crippen LogP) is 6.77. The van der Waals surface area contributed by atoms with Crippen molar-refractivity contribution in [3.05, 3.63) is 119 Å². The molecule has 0 bridgehead atoms. The van der Waals surface area contributed by atoms with Gasteiger partial charge in [-0.3, -0.25) is 4.99 Å². The van der Waals surface area contributed by atoms with Gasteiger partial charge in [-0.25, -0.2) is 0 Å². The van der Waals surface area contributed by atoms with Crippen LogP contribution in [0.5, 0.6) is 11.5 Å². The number of ether oxygens (including phenoxy) is 2. The standard InChI is InChI=1S/C33H31N3O2/c1-24-28(13-7-14-30(24)27-11-4-3-5-12-27)23-37-29-15-16-31(33-35-17-8-18-36(33)2)32(20-29)38-22-26-10-6-9-25(19-26)21-34/h3-7,9-16,19-20H,8,17-18,22-23H2,1-2H3. The molecule has 0 N–H and O–H groups in total. The van der Waals surface area contributed by atoms with Crippen molar-refractivity contribution in [3.63, 3.8) is 0 Å². The zero-order valence-electron chi connectivity index (χ0n) is 21.9. The lowest BCUT2D eigenvalue weighted by molar-refractivity contribution is 0.288. The summed E-state index contributed by atoms with van der Waals surface area (Å²) in [6, 6.07) is 32.4. The van der Waals surface area contributed by atoms with Gasteiger partial charge in [-0.15, -0.1) is 0 Å². The third-order valence-electron chi connectivity index (χ3n) is 6.84. The lowest BCUT2D eigenvalue weighted by atomic mass is 9.97. The van der Waals surface area contributed by atoms with Gasteiger partial charge in [0.1, 0.15) is 30.5 Å². The Kier molecular flexibility index (Phi) is 7.70. The Hall–Kier alpha value is -4.56. The molecule has 0 unspecified atom stereocenters. The first-order valence-electron chi connectivity index (χ1n) is 12.9. The van der Waals surface area contributed by atoms with Crippen molar-refractivity contribution in [3.8, 4) is 28.7 Å². The lowest BCUT2D eigenvalue weighted by Gasteiger charge is -2.26. The summed E-state index contributed by atoms with van der Waals surface area (Å²) in [7, 11) is 2.06. The summed E-state index contributed by atoms with van der Waals surface area (Å²) in [6.45, 7) is 4.71. The number of nitriles is 1. The van der Waals surface area contributed by atoms with E-state index in [4.69, 9.17) is 14.5 Å². The molecule has 0 atom stereocenters. The summed E-state index contributed by atoms with van der Waals surface area (Å²) in [4.78, 5) is 6.94. The number of benzene rings is 4. The highest BCUT2D eigenvalue weighted by molar-refractivity contribution is 6.01. The maximum absolute atomic E-state index is 9.25. The molecule has 1 heterocycles. The van der Waals surface area contributed by atoms with Crippen LogP contribution in [0.25, 0.3) is 11.1 Å². The Bertz CT molecular complexity index is 1490. The first-order chi connectivity index (χ1) is 18.6. The van der Waals surface area contributed by atoms with E-state index in [1.54, 1.807) is 6.07 Å². The molecule has 0 saturated carbocycles. The molecule has 5 heteroatoms. The molecular formula is C33H31N3O2. The number of hydrogen-bond donors (Lipinski definition) is 0. The first-order valence-corrected chi connectivity index (χ1v) is 12.9. The molecule has 0 amide bonds. The Morgan fingerprint density at radius 3 is 2.53 bits per heavy atom. The minimum atomic E-state index is 0.348. The van der Waals surface area contributed by atoms with E-state index < -0.39 is 0 Å². The summed E-state index contributed by atoms with van der Waals surface area (Å²) in [5, 5.41) is 9.25. The molecule has 4 aromatic rings. The van der Waals surface area contributed by atoms with Crippen LogP contribution in [0.4, 0.5) is 0 Å². The minimum absolute atomic E-state index is 0.348. The van der Waals surface area contributed by atoms with Gasteiger partial charge < -0.3 is 14.4 Å². The van der Waals surface area contributed by atoms with Crippen LogP contribution in [0, 0.1) is 18.3 Å². The average molecular weight is 502 g/mol. The summed E-state index contributed by atoms with van der Waals surface area (Å²) in [6.07, 6.45) is 1.04. The highest BCUT2D eigenvalue weighted by atomic mass is 16.5. The van der Waals surface area contributed by atoms with Gasteiger partial charge in [-0.2, -0.15) is 5.26 Å². The van der Waals surface area contributed by atoms with Crippen LogP contribution in [0.2, 0.25) is 0 Å². The van der Waals surface area contributed by atoms with Gasteiger partial charge in [0.15, 0.2) is 0 Å². The van der Waals surface area contributed by atoms with E-state index in [1.165, 1.54) is 16.7 Å². The molecule has 5 rings (SSSR count). The molecule has 1 aliphatic heterocycles. The van der Waals surface area contributed by atoms with E-state index in [1.807, 2.05) is 42.5 Å². The quantitative estimate of drug-likeness (QED) is 0.267. The zero-order valence-corrected chi connectivity index (χ0v) is 21.9. The third kappa shape index (κ3) is 5.71. The molecule has 5 nitrogen and oxygen atoms in total. The van der Waals surface area contributed by atoms with Gasteiger partial charge in [0.05, 0.1) is 17.2 Å². The van der Waals surface area contributed by atoms with E-state index in [2.05, 4.69) is 67.4 Å². The van der Waals surface area contributed by atoms with Crippen LogP contribution in [0.1, 0.15) is 34.2 Å². The van der Waals surface area contributed by atoms with Gasteiger partial charge in [-0.1, -0.05) is 60.7 Å². The fourth-order valence-electron chi connectivity index (χ4n) is 4.73. The third-order valence-corrected chi connectivity index (χ3v) is 6.84. The number of rotatable bonds is 8. The Labute approximate surface area is 224 Å². The van der Waals surface area contributed by atoms with Gasteiger partial charge in [0, 0.05) is 26.2 Å². The Balaban J connectivity index is 1.39. The predicted molar refractivity (Wildman–Crippen MR) is 152 cm³/mol. The van der Waals surface area contributed by atoms with Crippen LogP contribution in [-0.4, -0.2) is 30.9 Å². The van der Waals surface area contributed by atoms with Crippen LogP contribution in [0.3, 0.4) is 0 Å². The Morgan fingerprint density at radius 2 is 1.71 bits per heavy atom. The van der Waals surface area contributed by atoms with E-state index >= 15 is 0 Å². The maximum atomic E-state index is 9.25. The zero-order chi connectivity index (χ0) is 26.3. The van der Waals surface area contributed by atoms with Gasteiger partial charge in [0.2, 0.25) is 0 Å². The van der Waals surface area contributed by atoms with Crippen molar-refractivity contribution in [2.75, 3.05) is 20.1 Å². The second kappa shape index (κ2) is 11.7. The van der Waals surface area contributed by atoms with Crippen LogP contribution < -0.4 is 9.47 Å². The molecule has 38 heavy (non-hydrogen) atoms. The van der Waals surface area contributed by atoms with Crippen LogP contribution >= 0.6 is 0 Å². The molecule has 1 aliphatic rings. The molecule has 0 fully saturated rings. The highest BCUT2D eigenvalue weighted by Gasteiger charge is 2.19. The number of nitrogens with zero attached hydrogens (tertiary/aromatic N) is 3. The van der Waals surface area contributed by atoms with E-state index in [-0.39, 0.29) is 0 Å². The van der Waals surface area contributed by atoms with Crippen molar-refractivity contribution in [2.24, 2.45) is 4.99 Å². The van der Waals surface area contributed by atoms with Crippen LogP contribution in [0.15, 0.2) is 96.0 Å². The minimum Gasteiger partial charge on any atom is -0.489 e. The van der Waals surface area contributed by atoms with Crippen molar-refractivity contribution < 1.29 is 9.47 Å². The van der Waals surface area contributed by atoms with Gasteiger partial charge in [-0.05, 0) is 65.4 Å². The van der Waals surface area contributed by atoms with Crippen molar-refractivity contribution in [2.45, 2.75) is 26.6 Å². The summed E-state index contributed by atoms with van der Waals surface area (Å²) in [5.74, 6) is 2.38. The van der Waals surface area contributed by atoms with Gasteiger partial charge >= 0.3 is 0 Å². The smallest absolute Gasteiger partial charge is 0.134 e. The molecule has 0 saturated heterocycles. The van der Waals surface area contributed by atoms with E-state index in [0.29, 0.717) is 24.5 Å². The summed E-state index contributed by atoms with van der Waals surface area (Å²) < 4.78 is 12.6. The SMILES string of the molecule is Cc1c(COc2ccc(C3=NCCCN3C)c(OCc3cccc(C#N)c3)c2)cccc1-c1ccccc1. The molecule has 190 valence electrons. The molecule has 0 aromatic heterocycles. The summed E-state index contributed by atoms with van der Waals surface area (Å²) in [5.41, 5.74) is 7.26. The Morgan fingerprint density at radius 1 is 0.868 bits per heavy atom. The second-order valence-electron chi connectivity index (χ2n) is 9.48. The average Bonchev–Trinajstić information content (AvgIpc) is 2.96. The fraction of sp³-hybridized carbons (Fsp3) is 0.212.